The van der Waals surface area contributed by atoms with Gasteiger partial charge < -0.3 is 15.7 Å². The number of amides is 2. The number of nitriles is 1. The summed E-state index contributed by atoms with van der Waals surface area (Å²) in [5.74, 6) is -1.14. The molecule has 0 saturated heterocycles. The highest BCUT2D eigenvalue weighted by molar-refractivity contribution is 5.97. The molecule has 0 spiro atoms. The first-order valence-corrected chi connectivity index (χ1v) is 9.93. The smallest absolute Gasteiger partial charge is 0.378 e. The van der Waals surface area contributed by atoms with E-state index in [1.165, 1.54) is 30.1 Å². The van der Waals surface area contributed by atoms with E-state index in [0.29, 0.717) is 18.2 Å². The molecule has 0 unspecified atom stereocenters. The number of halogens is 3. The third-order valence-corrected chi connectivity index (χ3v) is 4.59. The van der Waals surface area contributed by atoms with Crippen molar-refractivity contribution < 1.29 is 27.9 Å². The molecule has 1 heterocycles. The summed E-state index contributed by atoms with van der Waals surface area (Å²) in [6.45, 7) is 2.90. The van der Waals surface area contributed by atoms with Crippen LogP contribution in [-0.2, 0) is 22.3 Å². The number of carbonyl (C=O) groups excluding carboxylic acids is 2. The first-order chi connectivity index (χ1) is 15.0. The van der Waals surface area contributed by atoms with Gasteiger partial charge in [-0.3, -0.25) is 14.3 Å². The number of rotatable bonds is 9. The average molecular weight is 451 g/mol. The van der Waals surface area contributed by atoms with Gasteiger partial charge in [0.05, 0.1) is 35.6 Å². The molecule has 0 aliphatic rings. The molecule has 0 bridgehead atoms. The average Bonchev–Trinajstić information content (AvgIpc) is 3.13. The summed E-state index contributed by atoms with van der Waals surface area (Å²) in [5, 5.41) is 28.3. The minimum Gasteiger partial charge on any atom is -0.378 e. The van der Waals surface area contributed by atoms with Crippen molar-refractivity contribution in [2.75, 3.05) is 10.6 Å². The number of nitrogens with zero attached hydrogens (tertiary/aromatic N) is 3. The number of unbranched alkanes of at least 4 members (excludes halogenated alkanes) is 2. The van der Waals surface area contributed by atoms with Crippen LogP contribution in [0.5, 0.6) is 0 Å². The highest BCUT2D eigenvalue weighted by Gasteiger charge is 2.35. The number of anilines is 2. The second-order valence-electron chi connectivity index (χ2n) is 7.53. The summed E-state index contributed by atoms with van der Waals surface area (Å²) in [6.07, 6.45) is 1.07. The van der Waals surface area contributed by atoms with E-state index in [1.807, 2.05) is 6.92 Å². The number of hydrogen-bond donors (Lipinski definition) is 3. The van der Waals surface area contributed by atoms with Crippen LogP contribution < -0.4 is 10.6 Å². The largest absolute Gasteiger partial charge is 0.417 e. The van der Waals surface area contributed by atoms with E-state index in [-0.39, 0.29) is 18.1 Å². The third kappa shape index (κ3) is 6.81. The van der Waals surface area contributed by atoms with Crippen LogP contribution >= 0.6 is 0 Å². The lowest BCUT2D eigenvalue weighted by Gasteiger charge is -2.22. The molecule has 0 aliphatic carbocycles. The summed E-state index contributed by atoms with van der Waals surface area (Å²) in [5.41, 5.74) is -3.63. The molecule has 2 amide bonds. The number of hydrogen-bond acceptors (Lipinski definition) is 5. The Labute approximate surface area is 183 Å². The number of alkyl halides is 3. The first kappa shape index (κ1) is 24.9. The van der Waals surface area contributed by atoms with Gasteiger partial charge in [-0.25, -0.2) is 0 Å². The lowest BCUT2D eigenvalue weighted by atomic mass is 10.0. The Balaban J connectivity index is 2.04. The van der Waals surface area contributed by atoms with Crippen molar-refractivity contribution in [1.82, 2.24) is 9.78 Å². The maximum atomic E-state index is 13.1. The Morgan fingerprint density at radius 3 is 2.56 bits per heavy atom. The summed E-state index contributed by atoms with van der Waals surface area (Å²) >= 11 is 0. The first-order valence-electron chi connectivity index (χ1n) is 9.93. The second kappa shape index (κ2) is 10.3. The van der Waals surface area contributed by atoms with E-state index >= 15 is 0 Å². The number of aliphatic hydroxyl groups is 1. The zero-order valence-electron chi connectivity index (χ0n) is 17.7. The SMILES string of the molecule is CCCCCC(=O)Nc1cnn(C[C@](C)(O)C(=O)Nc2ccc(C#N)c(C(F)(F)F)c2)c1. The van der Waals surface area contributed by atoms with Crippen molar-refractivity contribution >= 4 is 23.2 Å². The zero-order valence-corrected chi connectivity index (χ0v) is 17.7. The molecule has 1 atom stereocenters. The molecule has 0 aliphatic heterocycles. The van der Waals surface area contributed by atoms with E-state index in [4.69, 9.17) is 5.26 Å². The fourth-order valence-electron chi connectivity index (χ4n) is 2.88. The van der Waals surface area contributed by atoms with Crippen molar-refractivity contribution in [3.63, 3.8) is 0 Å². The van der Waals surface area contributed by atoms with Crippen LogP contribution in [-0.4, -0.2) is 32.3 Å². The highest BCUT2D eigenvalue weighted by Crippen LogP contribution is 2.33. The predicted octanol–water partition coefficient (Wildman–Crippen LogP) is 3.68. The minimum absolute atomic E-state index is 0.177. The van der Waals surface area contributed by atoms with Gasteiger partial charge in [-0.05, 0) is 31.5 Å². The van der Waals surface area contributed by atoms with Crippen LogP contribution in [0.4, 0.5) is 24.5 Å². The fourth-order valence-corrected chi connectivity index (χ4v) is 2.88. The van der Waals surface area contributed by atoms with E-state index in [2.05, 4.69) is 15.7 Å². The molecule has 2 aromatic rings. The summed E-state index contributed by atoms with van der Waals surface area (Å²) in [7, 11) is 0. The van der Waals surface area contributed by atoms with Gasteiger partial charge in [0.2, 0.25) is 5.91 Å². The van der Waals surface area contributed by atoms with Gasteiger partial charge in [0.15, 0.2) is 5.60 Å². The van der Waals surface area contributed by atoms with Crippen LogP contribution in [0.25, 0.3) is 0 Å². The van der Waals surface area contributed by atoms with Crippen molar-refractivity contribution in [3.8, 4) is 6.07 Å². The molecule has 1 aromatic carbocycles. The van der Waals surface area contributed by atoms with E-state index in [9.17, 15) is 27.9 Å². The Morgan fingerprint density at radius 2 is 1.94 bits per heavy atom. The molecule has 0 radical (unpaired) electrons. The lowest BCUT2D eigenvalue weighted by molar-refractivity contribution is -0.138. The van der Waals surface area contributed by atoms with Crippen LogP contribution in [0.15, 0.2) is 30.6 Å². The van der Waals surface area contributed by atoms with Gasteiger partial charge in [0.1, 0.15) is 0 Å². The lowest BCUT2D eigenvalue weighted by Crippen LogP contribution is -2.43. The highest BCUT2D eigenvalue weighted by atomic mass is 19.4. The molecule has 0 fully saturated rings. The molecule has 32 heavy (non-hydrogen) atoms. The Bertz CT molecular complexity index is 1010. The van der Waals surface area contributed by atoms with Crippen molar-refractivity contribution in [2.24, 2.45) is 0 Å². The molecule has 11 heteroatoms. The standard InChI is InChI=1S/C21H24F3N5O3/c1-3-4-5-6-18(30)27-16-11-26-29(12-16)13-20(2,32)19(31)28-15-8-7-14(10-25)17(9-15)21(22,23)24/h7-9,11-12,32H,3-6,13H2,1-2H3,(H,27,30)(H,28,31)/t20-/m0/s1. The van der Waals surface area contributed by atoms with Gasteiger partial charge in [0, 0.05) is 18.3 Å². The predicted molar refractivity (Wildman–Crippen MR) is 110 cm³/mol. The molecule has 1 aromatic heterocycles. The minimum atomic E-state index is -4.78. The van der Waals surface area contributed by atoms with Gasteiger partial charge >= 0.3 is 6.18 Å². The molecular weight excluding hydrogens is 427 g/mol. The number of benzene rings is 1. The van der Waals surface area contributed by atoms with Crippen LogP contribution in [0.2, 0.25) is 0 Å². The Kier molecular flexibility index (Phi) is 7.99. The van der Waals surface area contributed by atoms with E-state index in [1.54, 1.807) is 0 Å². The van der Waals surface area contributed by atoms with Crippen LogP contribution in [0.1, 0.15) is 50.7 Å². The molecule has 172 valence electrons. The third-order valence-electron chi connectivity index (χ3n) is 4.59. The Hall–Kier alpha value is -3.39. The van der Waals surface area contributed by atoms with Crippen LogP contribution in [0.3, 0.4) is 0 Å². The van der Waals surface area contributed by atoms with Gasteiger partial charge in [-0.2, -0.15) is 23.5 Å². The van der Waals surface area contributed by atoms with Gasteiger partial charge in [-0.1, -0.05) is 19.8 Å². The maximum Gasteiger partial charge on any atom is 0.417 e. The van der Waals surface area contributed by atoms with Gasteiger partial charge in [0.25, 0.3) is 5.91 Å². The number of carbonyl (C=O) groups is 2. The molecule has 0 saturated carbocycles. The fraction of sp³-hybridized carbons (Fsp3) is 0.429. The maximum absolute atomic E-state index is 13.1. The molecule has 8 nitrogen and oxygen atoms in total. The Morgan fingerprint density at radius 1 is 1.22 bits per heavy atom. The normalized spacial score (nSPS) is 13.2. The topological polar surface area (TPSA) is 120 Å². The van der Waals surface area contributed by atoms with Crippen molar-refractivity contribution in [1.29, 1.82) is 5.26 Å². The second-order valence-corrected chi connectivity index (χ2v) is 7.53. The summed E-state index contributed by atoms with van der Waals surface area (Å²) in [4.78, 5) is 24.3. The van der Waals surface area contributed by atoms with Crippen molar-refractivity contribution in [3.05, 3.63) is 41.7 Å². The summed E-state index contributed by atoms with van der Waals surface area (Å²) < 4.78 is 40.5. The number of aromatic nitrogens is 2. The van der Waals surface area contributed by atoms with Gasteiger partial charge in [-0.15, -0.1) is 0 Å². The van der Waals surface area contributed by atoms with Crippen molar-refractivity contribution in [2.45, 2.75) is 57.9 Å². The van der Waals surface area contributed by atoms with E-state index in [0.717, 1.165) is 31.4 Å². The van der Waals surface area contributed by atoms with E-state index < -0.39 is 28.8 Å². The van der Waals surface area contributed by atoms with Crippen LogP contribution in [0, 0.1) is 11.3 Å². The molecule has 3 N–H and O–H groups in total. The number of nitrogens with one attached hydrogen (secondary N) is 2. The monoisotopic (exact) mass is 451 g/mol. The summed E-state index contributed by atoms with van der Waals surface area (Å²) in [6, 6.07) is 4.16. The molecular formula is C21H24F3N5O3. The zero-order chi connectivity index (χ0) is 23.9. The quantitative estimate of drug-likeness (QED) is 0.503. The molecule has 2 rings (SSSR count).